The predicted octanol–water partition coefficient (Wildman–Crippen LogP) is 3.58. The first-order valence-corrected chi connectivity index (χ1v) is 6.48. The Bertz CT molecular complexity index is 649. The molecule has 0 aliphatic rings. The molecular weight excluding hydrogens is 268 g/mol. The molecule has 2 aromatic rings. The second-order valence-electron chi connectivity index (χ2n) is 4.42. The van der Waals surface area contributed by atoms with Gasteiger partial charge in [-0.15, -0.1) is 0 Å². The number of hydrogen-bond acceptors (Lipinski definition) is 4. The molecule has 0 saturated heterocycles. The minimum absolute atomic E-state index is 0.0390. The average molecular weight is 284 g/mol. The van der Waals surface area contributed by atoms with Crippen LogP contribution in [0.4, 0.5) is 5.69 Å². The van der Waals surface area contributed by atoms with Crippen LogP contribution in [0.2, 0.25) is 0 Å². The first kappa shape index (κ1) is 14.6. The van der Waals surface area contributed by atoms with Crippen LogP contribution in [0.15, 0.2) is 60.5 Å². The molecular formula is C16H16N2O3. The van der Waals surface area contributed by atoms with Gasteiger partial charge in [0, 0.05) is 24.8 Å². The lowest BCUT2D eigenvalue weighted by Gasteiger charge is -2.13. The molecule has 0 atom stereocenters. The van der Waals surface area contributed by atoms with E-state index in [1.165, 1.54) is 12.1 Å². The van der Waals surface area contributed by atoms with E-state index < -0.39 is 4.92 Å². The molecule has 0 amide bonds. The van der Waals surface area contributed by atoms with Gasteiger partial charge in [-0.25, -0.2) is 0 Å². The summed E-state index contributed by atoms with van der Waals surface area (Å²) in [6, 6.07) is 15.8. The van der Waals surface area contributed by atoms with Gasteiger partial charge in [0.05, 0.1) is 4.92 Å². The quantitative estimate of drug-likeness (QED) is 0.518. The molecule has 0 spiro atoms. The number of rotatable bonds is 5. The van der Waals surface area contributed by atoms with E-state index in [0.29, 0.717) is 11.6 Å². The van der Waals surface area contributed by atoms with Crippen LogP contribution in [-0.2, 0) is 0 Å². The molecule has 0 fully saturated rings. The topological polar surface area (TPSA) is 64.4 Å². The Hall–Kier alpha value is -2.82. The maximum absolute atomic E-state index is 10.6. The Morgan fingerprint density at radius 3 is 2.24 bits per heavy atom. The van der Waals surface area contributed by atoms with Crippen molar-refractivity contribution in [1.82, 2.24) is 5.32 Å². The van der Waals surface area contributed by atoms with Gasteiger partial charge >= 0.3 is 0 Å². The molecule has 5 heteroatoms. The fourth-order valence-electron chi connectivity index (χ4n) is 1.89. The van der Waals surface area contributed by atoms with Crippen LogP contribution in [0.1, 0.15) is 12.5 Å². The normalized spacial score (nSPS) is 11.5. The van der Waals surface area contributed by atoms with Gasteiger partial charge in [-0.2, -0.15) is 0 Å². The first-order chi connectivity index (χ1) is 10.1. The molecule has 108 valence electrons. The number of ether oxygens (including phenoxy) is 1. The Labute approximate surface area is 123 Å². The third kappa shape index (κ3) is 3.60. The zero-order valence-electron chi connectivity index (χ0n) is 11.9. The first-order valence-electron chi connectivity index (χ1n) is 6.48. The molecule has 2 rings (SSSR count). The zero-order valence-corrected chi connectivity index (χ0v) is 11.9. The summed E-state index contributed by atoms with van der Waals surface area (Å²) in [5.41, 5.74) is 2.04. The van der Waals surface area contributed by atoms with E-state index in [2.05, 4.69) is 5.32 Å². The third-order valence-corrected chi connectivity index (χ3v) is 3.04. The van der Waals surface area contributed by atoms with E-state index in [9.17, 15) is 10.1 Å². The zero-order chi connectivity index (χ0) is 15.2. The van der Waals surface area contributed by atoms with Crippen LogP contribution in [0.3, 0.4) is 0 Å². The monoisotopic (exact) mass is 284 g/mol. The summed E-state index contributed by atoms with van der Waals surface area (Å²) in [5, 5.41) is 13.6. The van der Waals surface area contributed by atoms with E-state index in [1.807, 2.05) is 37.3 Å². The molecule has 0 heterocycles. The lowest BCUT2D eigenvalue weighted by Crippen LogP contribution is -2.14. The number of benzene rings is 2. The van der Waals surface area contributed by atoms with Crippen LogP contribution >= 0.6 is 0 Å². The summed E-state index contributed by atoms with van der Waals surface area (Å²) in [5.74, 6) is 1.15. The summed E-state index contributed by atoms with van der Waals surface area (Å²) in [7, 11) is 1.77. The average Bonchev–Trinajstić information content (AvgIpc) is 2.53. The standard InChI is InChI=1S/C16H16N2O3/c1-12(13-6-4-3-5-7-13)16(17-2)21-15-10-8-14(9-11-15)18(19)20/h3-11,17H,1-2H3/b16-12+. The molecule has 21 heavy (non-hydrogen) atoms. The minimum Gasteiger partial charge on any atom is -0.441 e. The van der Waals surface area contributed by atoms with Crippen molar-refractivity contribution in [2.45, 2.75) is 6.92 Å². The highest BCUT2D eigenvalue weighted by atomic mass is 16.6. The summed E-state index contributed by atoms with van der Waals surface area (Å²) in [6.07, 6.45) is 0. The second kappa shape index (κ2) is 6.56. The van der Waals surface area contributed by atoms with Crippen molar-refractivity contribution in [3.63, 3.8) is 0 Å². The van der Waals surface area contributed by atoms with Gasteiger partial charge in [-0.3, -0.25) is 10.1 Å². The molecule has 0 bridgehead atoms. The van der Waals surface area contributed by atoms with Gasteiger partial charge in [0.15, 0.2) is 5.88 Å². The van der Waals surface area contributed by atoms with E-state index in [1.54, 1.807) is 19.2 Å². The molecule has 2 aromatic carbocycles. The van der Waals surface area contributed by atoms with Gasteiger partial charge in [0.2, 0.25) is 0 Å². The number of non-ortho nitro benzene ring substituents is 1. The maximum Gasteiger partial charge on any atom is 0.269 e. The molecule has 0 aliphatic carbocycles. The Kier molecular flexibility index (Phi) is 4.56. The summed E-state index contributed by atoms with van der Waals surface area (Å²) in [6.45, 7) is 1.95. The fourth-order valence-corrected chi connectivity index (χ4v) is 1.89. The molecule has 0 unspecified atom stereocenters. The number of allylic oxidation sites excluding steroid dienone is 1. The summed E-state index contributed by atoms with van der Waals surface area (Å²) in [4.78, 5) is 10.2. The minimum atomic E-state index is -0.437. The number of nitro benzene ring substituents is 1. The number of nitrogens with zero attached hydrogens (tertiary/aromatic N) is 1. The molecule has 0 aromatic heterocycles. The number of nitrogens with one attached hydrogen (secondary N) is 1. The Morgan fingerprint density at radius 2 is 1.71 bits per heavy atom. The third-order valence-electron chi connectivity index (χ3n) is 3.04. The highest BCUT2D eigenvalue weighted by Gasteiger charge is 2.08. The van der Waals surface area contributed by atoms with Crippen molar-refractivity contribution in [3.8, 4) is 5.75 Å². The van der Waals surface area contributed by atoms with Crippen LogP contribution < -0.4 is 10.1 Å². The van der Waals surface area contributed by atoms with Crippen LogP contribution in [0, 0.1) is 10.1 Å². The van der Waals surface area contributed by atoms with Gasteiger partial charge in [-0.05, 0) is 24.6 Å². The Balaban J connectivity index is 2.24. The van der Waals surface area contributed by atoms with E-state index in [0.717, 1.165) is 11.1 Å². The maximum atomic E-state index is 10.6. The van der Waals surface area contributed by atoms with Crippen molar-refractivity contribution >= 4 is 11.3 Å². The van der Waals surface area contributed by atoms with E-state index >= 15 is 0 Å². The second-order valence-corrected chi connectivity index (χ2v) is 4.42. The largest absolute Gasteiger partial charge is 0.441 e. The van der Waals surface area contributed by atoms with Crippen molar-refractivity contribution in [2.75, 3.05) is 7.05 Å². The van der Waals surface area contributed by atoms with Crippen LogP contribution in [0.5, 0.6) is 5.75 Å². The summed E-state index contributed by atoms with van der Waals surface area (Å²) >= 11 is 0. The van der Waals surface area contributed by atoms with Gasteiger partial charge in [-0.1, -0.05) is 30.3 Å². The highest BCUT2D eigenvalue weighted by Crippen LogP contribution is 2.22. The number of nitro groups is 1. The Morgan fingerprint density at radius 1 is 1.10 bits per heavy atom. The predicted molar refractivity (Wildman–Crippen MR) is 81.8 cm³/mol. The fraction of sp³-hybridized carbons (Fsp3) is 0.125. The van der Waals surface area contributed by atoms with Crippen molar-refractivity contribution < 1.29 is 9.66 Å². The van der Waals surface area contributed by atoms with Crippen LogP contribution in [-0.4, -0.2) is 12.0 Å². The van der Waals surface area contributed by atoms with Crippen molar-refractivity contribution in [3.05, 3.63) is 76.2 Å². The lowest BCUT2D eigenvalue weighted by molar-refractivity contribution is -0.384. The van der Waals surface area contributed by atoms with Gasteiger partial charge in [0.1, 0.15) is 5.75 Å². The van der Waals surface area contributed by atoms with Crippen molar-refractivity contribution in [2.24, 2.45) is 0 Å². The highest BCUT2D eigenvalue weighted by molar-refractivity contribution is 5.65. The van der Waals surface area contributed by atoms with Crippen molar-refractivity contribution in [1.29, 1.82) is 0 Å². The van der Waals surface area contributed by atoms with Crippen LogP contribution in [0.25, 0.3) is 5.57 Å². The van der Waals surface area contributed by atoms with E-state index in [-0.39, 0.29) is 5.69 Å². The number of hydrogen-bond donors (Lipinski definition) is 1. The SMILES string of the molecule is CN/C(Oc1ccc([N+](=O)[O-])cc1)=C(/C)c1ccccc1. The van der Waals surface area contributed by atoms with E-state index in [4.69, 9.17) is 4.74 Å². The molecule has 0 aliphatic heterocycles. The summed E-state index contributed by atoms with van der Waals surface area (Å²) < 4.78 is 5.76. The molecule has 5 nitrogen and oxygen atoms in total. The van der Waals surface area contributed by atoms with Gasteiger partial charge in [0.25, 0.3) is 5.69 Å². The molecule has 0 saturated carbocycles. The molecule has 1 N–H and O–H groups in total. The molecule has 0 radical (unpaired) electrons. The lowest BCUT2D eigenvalue weighted by atomic mass is 10.1. The smallest absolute Gasteiger partial charge is 0.269 e. The van der Waals surface area contributed by atoms with Gasteiger partial charge < -0.3 is 10.1 Å².